The average molecular weight is 309 g/mol. The van der Waals surface area contributed by atoms with Gasteiger partial charge in [-0.15, -0.1) is 11.3 Å². The van der Waals surface area contributed by atoms with Crippen LogP contribution in [0.4, 0.5) is 0 Å². The number of ether oxygens (including phenoxy) is 1. The van der Waals surface area contributed by atoms with E-state index >= 15 is 0 Å². The largest absolute Gasteiger partial charge is 0.379 e. The number of aromatic nitrogens is 1. The minimum Gasteiger partial charge on any atom is -0.379 e. The van der Waals surface area contributed by atoms with Crippen LogP contribution in [0.2, 0.25) is 0 Å². The van der Waals surface area contributed by atoms with E-state index in [0.29, 0.717) is 11.7 Å². The number of piperidine rings is 1. The zero-order chi connectivity index (χ0) is 14.7. The normalized spacial score (nSPS) is 24.2. The van der Waals surface area contributed by atoms with Crippen LogP contribution >= 0.6 is 11.3 Å². The van der Waals surface area contributed by atoms with Crippen molar-refractivity contribution in [3.05, 3.63) is 16.1 Å². The Morgan fingerprint density at radius 2 is 2.19 bits per heavy atom. The zero-order valence-corrected chi connectivity index (χ0v) is 13.4. The molecule has 0 aliphatic carbocycles. The summed E-state index contributed by atoms with van der Waals surface area (Å²) in [6, 6.07) is 0.343. The first kappa shape index (κ1) is 14.9. The van der Waals surface area contributed by atoms with Crippen LogP contribution in [0.5, 0.6) is 0 Å². The van der Waals surface area contributed by atoms with E-state index in [1.54, 1.807) is 11.3 Å². The summed E-state index contributed by atoms with van der Waals surface area (Å²) in [6.45, 7) is 7.33. The number of thiazole rings is 1. The van der Waals surface area contributed by atoms with Gasteiger partial charge in [-0.1, -0.05) is 0 Å². The molecule has 5 nitrogen and oxygen atoms in total. The van der Waals surface area contributed by atoms with Gasteiger partial charge >= 0.3 is 0 Å². The van der Waals surface area contributed by atoms with Crippen molar-refractivity contribution in [3.8, 4) is 0 Å². The summed E-state index contributed by atoms with van der Waals surface area (Å²) in [5, 5.41) is 2.95. The lowest BCUT2D eigenvalue weighted by atomic mass is 10.0. The molecule has 1 amide bonds. The highest BCUT2D eigenvalue weighted by molar-refractivity contribution is 7.09. The number of carbonyl (C=O) groups excluding carboxylic acids is 1. The Bertz CT molecular complexity index is 485. The van der Waals surface area contributed by atoms with Crippen molar-refractivity contribution in [2.24, 2.45) is 0 Å². The molecule has 0 bridgehead atoms. The second-order valence-corrected chi connectivity index (χ2v) is 6.80. The number of likely N-dealkylation sites (tertiary alicyclic amines) is 1. The maximum absolute atomic E-state index is 12.6. The van der Waals surface area contributed by atoms with Crippen LogP contribution in [-0.4, -0.2) is 59.6 Å². The van der Waals surface area contributed by atoms with Crippen molar-refractivity contribution < 1.29 is 9.53 Å². The van der Waals surface area contributed by atoms with Crippen LogP contribution in [-0.2, 0) is 11.3 Å². The number of rotatable bonds is 3. The van der Waals surface area contributed by atoms with Gasteiger partial charge in [0.1, 0.15) is 10.7 Å². The second-order valence-electron chi connectivity index (χ2n) is 5.86. The van der Waals surface area contributed by atoms with E-state index in [1.165, 1.54) is 6.42 Å². The lowest BCUT2D eigenvalue weighted by molar-refractivity contribution is 0.0341. The van der Waals surface area contributed by atoms with Gasteiger partial charge in [0.15, 0.2) is 0 Å². The van der Waals surface area contributed by atoms with Gasteiger partial charge in [-0.2, -0.15) is 0 Å². The lowest BCUT2D eigenvalue weighted by Gasteiger charge is -2.32. The topological polar surface area (TPSA) is 45.7 Å². The molecular formula is C15H23N3O2S. The molecule has 6 heteroatoms. The lowest BCUT2D eigenvalue weighted by Crippen LogP contribution is -2.42. The van der Waals surface area contributed by atoms with Crippen LogP contribution in [0.3, 0.4) is 0 Å². The van der Waals surface area contributed by atoms with Crippen molar-refractivity contribution in [2.45, 2.75) is 38.8 Å². The van der Waals surface area contributed by atoms with Gasteiger partial charge in [0, 0.05) is 31.1 Å². The molecule has 1 atom stereocenters. The molecule has 0 aromatic carbocycles. The van der Waals surface area contributed by atoms with Gasteiger partial charge in [-0.3, -0.25) is 9.69 Å². The van der Waals surface area contributed by atoms with Gasteiger partial charge in [-0.25, -0.2) is 4.98 Å². The Balaban J connectivity index is 1.62. The van der Waals surface area contributed by atoms with Crippen LogP contribution < -0.4 is 0 Å². The third kappa shape index (κ3) is 3.62. The van der Waals surface area contributed by atoms with E-state index in [4.69, 9.17) is 4.74 Å². The Kier molecular flexibility index (Phi) is 4.87. The molecule has 0 radical (unpaired) electrons. The van der Waals surface area contributed by atoms with Gasteiger partial charge in [0.2, 0.25) is 0 Å². The van der Waals surface area contributed by atoms with Gasteiger partial charge in [0.25, 0.3) is 5.91 Å². The van der Waals surface area contributed by atoms with Gasteiger partial charge in [-0.05, 0) is 26.2 Å². The summed E-state index contributed by atoms with van der Waals surface area (Å²) in [6.07, 6.45) is 3.45. The van der Waals surface area contributed by atoms with Crippen LogP contribution in [0.25, 0.3) is 0 Å². The fourth-order valence-corrected chi connectivity index (χ4v) is 3.79. The van der Waals surface area contributed by atoms with E-state index < -0.39 is 0 Å². The predicted octanol–water partition coefficient (Wildman–Crippen LogP) is 1.99. The van der Waals surface area contributed by atoms with E-state index in [2.05, 4.69) is 16.8 Å². The SMILES string of the molecule is CC1CCCCN1C(=O)c1csc(CN2CCOCC2)n1. The fraction of sp³-hybridized carbons (Fsp3) is 0.733. The average Bonchev–Trinajstić information content (AvgIpc) is 2.97. The van der Waals surface area contributed by atoms with Crippen LogP contribution in [0, 0.1) is 0 Å². The van der Waals surface area contributed by atoms with Crippen molar-refractivity contribution >= 4 is 17.2 Å². The van der Waals surface area contributed by atoms with Crippen molar-refractivity contribution in [3.63, 3.8) is 0 Å². The molecule has 116 valence electrons. The fourth-order valence-electron chi connectivity index (χ4n) is 2.98. The third-order valence-corrected chi connectivity index (χ3v) is 5.13. The highest BCUT2D eigenvalue weighted by Crippen LogP contribution is 2.21. The molecule has 0 N–H and O–H groups in total. The summed E-state index contributed by atoms with van der Waals surface area (Å²) in [5.41, 5.74) is 0.622. The Morgan fingerprint density at radius 1 is 1.38 bits per heavy atom. The molecule has 2 saturated heterocycles. The van der Waals surface area contributed by atoms with Gasteiger partial charge in [0.05, 0.1) is 19.8 Å². The molecule has 2 fully saturated rings. The molecule has 1 aromatic heterocycles. The number of nitrogens with zero attached hydrogens (tertiary/aromatic N) is 3. The smallest absolute Gasteiger partial charge is 0.273 e. The highest BCUT2D eigenvalue weighted by Gasteiger charge is 2.26. The van der Waals surface area contributed by atoms with E-state index in [-0.39, 0.29) is 5.91 Å². The number of hydrogen-bond acceptors (Lipinski definition) is 5. The Hall–Kier alpha value is -0.980. The second kappa shape index (κ2) is 6.85. The zero-order valence-electron chi connectivity index (χ0n) is 12.6. The summed E-state index contributed by atoms with van der Waals surface area (Å²) >= 11 is 1.60. The third-order valence-electron chi connectivity index (χ3n) is 4.30. The maximum atomic E-state index is 12.6. The first-order valence-corrected chi connectivity index (χ1v) is 8.67. The van der Waals surface area contributed by atoms with E-state index in [1.807, 2.05) is 10.3 Å². The number of carbonyl (C=O) groups is 1. The highest BCUT2D eigenvalue weighted by atomic mass is 32.1. The molecule has 21 heavy (non-hydrogen) atoms. The number of hydrogen-bond donors (Lipinski definition) is 0. The molecule has 0 saturated carbocycles. The molecule has 2 aliphatic heterocycles. The quantitative estimate of drug-likeness (QED) is 0.856. The number of amides is 1. The van der Waals surface area contributed by atoms with E-state index in [9.17, 15) is 4.79 Å². The summed E-state index contributed by atoms with van der Waals surface area (Å²) in [7, 11) is 0. The summed E-state index contributed by atoms with van der Waals surface area (Å²) in [5.74, 6) is 0.103. The molecule has 0 spiro atoms. The maximum Gasteiger partial charge on any atom is 0.273 e. The Morgan fingerprint density at radius 3 is 2.95 bits per heavy atom. The van der Waals surface area contributed by atoms with Crippen LogP contribution in [0.15, 0.2) is 5.38 Å². The Labute approximate surface area is 129 Å². The molecule has 1 aromatic rings. The summed E-state index contributed by atoms with van der Waals surface area (Å²) in [4.78, 5) is 21.4. The molecule has 3 heterocycles. The molecule has 3 rings (SSSR count). The van der Waals surface area contributed by atoms with E-state index in [0.717, 1.165) is 57.2 Å². The molecular weight excluding hydrogens is 286 g/mol. The standard InChI is InChI=1S/C15H23N3O2S/c1-12-4-2-3-5-18(12)15(19)13-11-21-14(16-13)10-17-6-8-20-9-7-17/h11-12H,2-10H2,1H3. The predicted molar refractivity (Wildman–Crippen MR) is 82.6 cm³/mol. The minimum absolute atomic E-state index is 0.103. The van der Waals surface area contributed by atoms with Gasteiger partial charge < -0.3 is 9.64 Å². The first-order chi connectivity index (χ1) is 10.2. The monoisotopic (exact) mass is 309 g/mol. The first-order valence-electron chi connectivity index (χ1n) is 7.79. The van der Waals surface area contributed by atoms with Crippen molar-refractivity contribution in [1.29, 1.82) is 0 Å². The summed E-state index contributed by atoms with van der Waals surface area (Å²) < 4.78 is 5.35. The minimum atomic E-state index is 0.103. The van der Waals surface area contributed by atoms with Crippen LogP contribution in [0.1, 0.15) is 41.7 Å². The number of morpholine rings is 1. The van der Waals surface area contributed by atoms with Crippen molar-refractivity contribution in [1.82, 2.24) is 14.8 Å². The molecule has 2 aliphatic rings. The molecule has 1 unspecified atom stereocenters. The van der Waals surface area contributed by atoms with Crippen molar-refractivity contribution in [2.75, 3.05) is 32.8 Å².